The van der Waals surface area contributed by atoms with Crippen molar-refractivity contribution in [2.75, 3.05) is 13.1 Å². The second kappa shape index (κ2) is 6.03. The van der Waals surface area contributed by atoms with Crippen molar-refractivity contribution in [3.63, 3.8) is 0 Å². The van der Waals surface area contributed by atoms with Gasteiger partial charge in [0, 0.05) is 30.3 Å². The zero-order valence-corrected chi connectivity index (χ0v) is 10.5. The quantitative estimate of drug-likeness (QED) is 0.827. The van der Waals surface area contributed by atoms with Crippen LogP contribution in [-0.2, 0) is 11.3 Å². The Balaban J connectivity index is 1.85. The number of hydrogen-bond acceptors (Lipinski definition) is 1. The third-order valence-corrected chi connectivity index (χ3v) is 3.59. The lowest BCUT2D eigenvalue weighted by molar-refractivity contribution is -0.664. The van der Waals surface area contributed by atoms with Gasteiger partial charge in [-0.2, -0.15) is 0 Å². The second-order valence-electron chi connectivity index (χ2n) is 4.45. The van der Waals surface area contributed by atoms with Crippen LogP contribution in [0.15, 0.2) is 24.3 Å². The van der Waals surface area contributed by atoms with E-state index in [2.05, 4.69) is 10.6 Å². The molecule has 3 nitrogen and oxygen atoms in total. The molecule has 0 aromatic heterocycles. The third kappa shape index (κ3) is 3.45. The molecule has 0 radical (unpaired) electrons. The first-order valence-corrected chi connectivity index (χ1v) is 6.48. The Morgan fingerprint density at radius 2 is 2.06 bits per heavy atom. The van der Waals surface area contributed by atoms with Crippen LogP contribution in [0.5, 0.6) is 0 Å². The van der Waals surface area contributed by atoms with Crippen LogP contribution < -0.4 is 10.6 Å². The minimum atomic E-state index is 0.165. The summed E-state index contributed by atoms with van der Waals surface area (Å²) < 4.78 is 0. The van der Waals surface area contributed by atoms with Gasteiger partial charge in [0.2, 0.25) is 5.91 Å². The molecule has 0 saturated carbocycles. The Morgan fingerprint density at radius 3 is 2.76 bits per heavy atom. The van der Waals surface area contributed by atoms with E-state index in [-0.39, 0.29) is 11.8 Å². The molecule has 92 valence electrons. The zero-order valence-electron chi connectivity index (χ0n) is 9.79. The lowest BCUT2D eigenvalue weighted by Crippen LogP contribution is -2.86. The molecule has 0 atom stereocenters. The maximum Gasteiger partial charge on any atom is 0.223 e. The SMILES string of the molecule is O=C(NCc1ccccc1Cl)C1CC[NH2+]CC1. The summed E-state index contributed by atoms with van der Waals surface area (Å²) >= 11 is 6.04. The van der Waals surface area contributed by atoms with Crippen LogP contribution in [0.1, 0.15) is 18.4 Å². The molecule has 2 rings (SSSR count). The number of carbonyl (C=O) groups is 1. The topological polar surface area (TPSA) is 45.7 Å². The largest absolute Gasteiger partial charge is 0.352 e. The Bertz CT molecular complexity index is 389. The van der Waals surface area contributed by atoms with E-state index >= 15 is 0 Å². The molecule has 0 spiro atoms. The van der Waals surface area contributed by atoms with Gasteiger partial charge < -0.3 is 10.6 Å². The van der Waals surface area contributed by atoms with E-state index in [1.54, 1.807) is 0 Å². The Kier molecular flexibility index (Phi) is 4.40. The molecule has 0 unspecified atom stereocenters. The minimum absolute atomic E-state index is 0.165. The number of benzene rings is 1. The average molecular weight is 254 g/mol. The van der Waals surface area contributed by atoms with Gasteiger partial charge >= 0.3 is 0 Å². The van der Waals surface area contributed by atoms with Crippen LogP contribution in [-0.4, -0.2) is 19.0 Å². The van der Waals surface area contributed by atoms with Crippen molar-refractivity contribution in [3.05, 3.63) is 34.9 Å². The molecule has 1 aromatic rings. The van der Waals surface area contributed by atoms with Crippen molar-refractivity contribution in [2.45, 2.75) is 19.4 Å². The molecule has 1 aliphatic rings. The highest BCUT2D eigenvalue weighted by molar-refractivity contribution is 6.31. The summed E-state index contributed by atoms with van der Waals surface area (Å²) in [4.78, 5) is 11.9. The number of nitrogens with one attached hydrogen (secondary N) is 1. The van der Waals surface area contributed by atoms with Crippen molar-refractivity contribution < 1.29 is 10.1 Å². The van der Waals surface area contributed by atoms with Crippen LogP contribution in [0.4, 0.5) is 0 Å². The van der Waals surface area contributed by atoms with Gasteiger partial charge in [0.1, 0.15) is 0 Å². The minimum Gasteiger partial charge on any atom is -0.352 e. The van der Waals surface area contributed by atoms with Crippen LogP contribution in [0, 0.1) is 5.92 Å². The summed E-state index contributed by atoms with van der Waals surface area (Å²) in [5.74, 6) is 0.348. The zero-order chi connectivity index (χ0) is 12.1. The second-order valence-corrected chi connectivity index (χ2v) is 4.86. The van der Waals surface area contributed by atoms with Crippen molar-refractivity contribution in [2.24, 2.45) is 5.92 Å². The Labute approximate surface area is 107 Å². The van der Waals surface area contributed by atoms with Gasteiger partial charge in [-0.05, 0) is 11.6 Å². The molecule has 0 bridgehead atoms. The van der Waals surface area contributed by atoms with Gasteiger partial charge in [0.25, 0.3) is 0 Å². The van der Waals surface area contributed by atoms with Crippen molar-refractivity contribution in [1.29, 1.82) is 0 Å². The van der Waals surface area contributed by atoms with Gasteiger partial charge in [0.05, 0.1) is 13.1 Å². The van der Waals surface area contributed by atoms with Gasteiger partial charge in [-0.3, -0.25) is 4.79 Å². The summed E-state index contributed by atoms with van der Waals surface area (Å²) in [5.41, 5.74) is 0.977. The summed E-state index contributed by atoms with van der Waals surface area (Å²) in [6.45, 7) is 2.65. The van der Waals surface area contributed by atoms with E-state index in [1.807, 2.05) is 24.3 Å². The van der Waals surface area contributed by atoms with E-state index in [0.29, 0.717) is 11.6 Å². The Morgan fingerprint density at radius 1 is 1.35 bits per heavy atom. The van der Waals surface area contributed by atoms with Crippen LogP contribution in [0.25, 0.3) is 0 Å². The van der Waals surface area contributed by atoms with Gasteiger partial charge in [0.15, 0.2) is 0 Å². The summed E-state index contributed by atoms with van der Waals surface area (Å²) in [6.07, 6.45) is 1.96. The maximum atomic E-state index is 11.9. The fourth-order valence-corrected chi connectivity index (χ4v) is 2.36. The number of quaternary nitrogens is 1. The summed E-state index contributed by atoms with van der Waals surface area (Å²) in [5, 5.41) is 5.95. The fourth-order valence-electron chi connectivity index (χ4n) is 2.16. The number of amides is 1. The first-order valence-electron chi connectivity index (χ1n) is 6.10. The molecule has 4 heteroatoms. The van der Waals surface area contributed by atoms with E-state index in [1.165, 1.54) is 0 Å². The number of piperidine rings is 1. The molecular weight excluding hydrogens is 236 g/mol. The first kappa shape index (κ1) is 12.4. The standard InChI is InChI=1S/C13H17ClN2O/c14-12-4-2-1-3-11(12)9-16-13(17)10-5-7-15-8-6-10/h1-4,10,15H,5-9H2,(H,16,17)/p+1. The fraction of sp³-hybridized carbons (Fsp3) is 0.462. The maximum absolute atomic E-state index is 11.9. The molecule has 1 amide bonds. The molecule has 1 fully saturated rings. The highest BCUT2D eigenvalue weighted by Gasteiger charge is 2.22. The predicted molar refractivity (Wildman–Crippen MR) is 67.7 cm³/mol. The molecule has 1 aliphatic heterocycles. The first-order chi connectivity index (χ1) is 8.27. The van der Waals surface area contributed by atoms with E-state index in [4.69, 9.17) is 11.6 Å². The number of rotatable bonds is 3. The molecule has 1 saturated heterocycles. The van der Waals surface area contributed by atoms with Crippen molar-refractivity contribution in [3.8, 4) is 0 Å². The van der Waals surface area contributed by atoms with E-state index < -0.39 is 0 Å². The lowest BCUT2D eigenvalue weighted by atomic mass is 9.97. The highest BCUT2D eigenvalue weighted by Crippen LogP contribution is 2.15. The molecule has 1 heterocycles. The molecule has 0 aliphatic carbocycles. The van der Waals surface area contributed by atoms with Gasteiger partial charge in [-0.1, -0.05) is 29.8 Å². The average Bonchev–Trinajstić information content (AvgIpc) is 2.38. The smallest absolute Gasteiger partial charge is 0.223 e. The van der Waals surface area contributed by atoms with Gasteiger partial charge in [-0.15, -0.1) is 0 Å². The molecule has 3 N–H and O–H groups in total. The molecular formula is C13H18ClN2O+. The van der Waals surface area contributed by atoms with Crippen molar-refractivity contribution >= 4 is 17.5 Å². The summed E-state index contributed by atoms with van der Waals surface area (Å²) in [6, 6.07) is 7.61. The number of carbonyl (C=O) groups excluding carboxylic acids is 1. The normalized spacial score (nSPS) is 16.8. The monoisotopic (exact) mass is 253 g/mol. The molecule has 17 heavy (non-hydrogen) atoms. The number of hydrogen-bond donors (Lipinski definition) is 2. The lowest BCUT2D eigenvalue weighted by Gasteiger charge is -2.19. The summed E-state index contributed by atoms with van der Waals surface area (Å²) in [7, 11) is 0. The van der Waals surface area contributed by atoms with E-state index in [0.717, 1.165) is 31.5 Å². The van der Waals surface area contributed by atoms with Crippen LogP contribution in [0.3, 0.4) is 0 Å². The van der Waals surface area contributed by atoms with Gasteiger partial charge in [-0.25, -0.2) is 0 Å². The molecule has 1 aromatic carbocycles. The number of nitrogens with two attached hydrogens (primary N) is 1. The van der Waals surface area contributed by atoms with Crippen LogP contribution >= 0.6 is 11.6 Å². The van der Waals surface area contributed by atoms with Crippen LogP contribution in [0.2, 0.25) is 5.02 Å². The highest BCUT2D eigenvalue weighted by atomic mass is 35.5. The Hall–Kier alpha value is -1.06. The van der Waals surface area contributed by atoms with Crippen molar-refractivity contribution in [1.82, 2.24) is 5.32 Å². The third-order valence-electron chi connectivity index (χ3n) is 3.22. The number of halogens is 1. The predicted octanol–water partition coefficient (Wildman–Crippen LogP) is 0.930. The van der Waals surface area contributed by atoms with E-state index in [9.17, 15) is 4.79 Å².